The second-order valence-corrected chi connectivity index (χ2v) is 5.47. The van der Waals surface area contributed by atoms with Crippen LogP contribution in [0.1, 0.15) is 17.5 Å². The van der Waals surface area contributed by atoms with Crippen LogP contribution in [0.5, 0.6) is 0 Å². The SMILES string of the molecule is NC1(c2ccccc2)CCN(Cc2ccccc2)C1. The van der Waals surface area contributed by atoms with Crippen LogP contribution in [0.4, 0.5) is 0 Å². The van der Waals surface area contributed by atoms with Crippen molar-refractivity contribution < 1.29 is 0 Å². The van der Waals surface area contributed by atoms with E-state index in [2.05, 4.69) is 59.5 Å². The van der Waals surface area contributed by atoms with Crippen molar-refractivity contribution >= 4 is 0 Å². The van der Waals surface area contributed by atoms with Crippen LogP contribution in [0.15, 0.2) is 60.7 Å². The largest absolute Gasteiger partial charge is 0.320 e. The minimum Gasteiger partial charge on any atom is -0.320 e. The third kappa shape index (κ3) is 2.70. The van der Waals surface area contributed by atoms with E-state index in [4.69, 9.17) is 5.73 Å². The molecule has 0 aromatic heterocycles. The Morgan fingerprint density at radius 3 is 2.26 bits per heavy atom. The molecule has 0 saturated carbocycles. The highest BCUT2D eigenvalue weighted by Crippen LogP contribution is 2.30. The van der Waals surface area contributed by atoms with Crippen LogP contribution in [0.3, 0.4) is 0 Å². The molecule has 1 unspecified atom stereocenters. The molecule has 0 amide bonds. The van der Waals surface area contributed by atoms with Gasteiger partial charge in [0, 0.05) is 19.6 Å². The minimum atomic E-state index is -0.184. The van der Waals surface area contributed by atoms with Crippen LogP contribution >= 0.6 is 0 Å². The van der Waals surface area contributed by atoms with Gasteiger partial charge < -0.3 is 5.73 Å². The number of nitrogens with two attached hydrogens (primary N) is 1. The maximum Gasteiger partial charge on any atom is 0.0550 e. The first-order chi connectivity index (χ1) is 9.26. The van der Waals surface area contributed by atoms with Gasteiger partial charge in [0.05, 0.1) is 5.54 Å². The zero-order valence-electron chi connectivity index (χ0n) is 11.1. The number of likely N-dealkylation sites (tertiary alicyclic amines) is 1. The number of hydrogen-bond donors (Lipinski definition) is 1. The molecule has 2 heteroatoms. The molecule has 1 aliphatic heterocycles. The maximum absolute atomic E-state index is 6.58. The van der Waals surface area contributed by atoms with Gasteiger partial charge >= 0.3 is 0 Å². The first kappa shape index (κ1) is 12.4. The molecule has 1 atom stereocenters. The second-order valence-electron chi connectivity index (χ2n) is 5.47. The summed E-state index contributed by atoms with van der Waals surface area (Å²) in [5.41, 5.74) is 9.01. The average Bonchev–Trinajstić information content (AvgIpc) is 2.84. The summed E-state index contributed by atoms with van der Waals surface area (Å²) in [4.78, 5) is 2.45. The van der Waals surface area contributed by atoms with Gasteiger partial charge in [0.1, 0.15) is 0 Å². The lowest BCUT2D eigenvalue weighted by molar-refractivity contribution is 0.305. The fourth-order valence-corrected chi connectivity index (χ4v) is 2.90. The van der Waals surface area contributed by atoms with E-state index in [-0.39, 0.29) is 5.54 Å². The first-order valence-electron chi connectivity index (χ1n) is 6.87. The highest BCUT2D eigenvalue weighted by molar-refractivity contribution is 5.26. The Morgan fingerprint density at radius 2 is 1.58 bits per heavy atom. The Balaban J connectivity index is 1.70. The van der Waals surface area contributed by atoms with Gasteiger partial charge in [-0.3, -0.25) is 4.90 Å². The lowest BCUT2D eigenvalue weighted by Crippen LogP contribution is -2.39. The van der Waals surface area contributed by atoms with Crippen molar-refractivity contribution in [3.8, 4) is 0 Å². The van der Waals surface area contributed by atoms with Crippen LogP contribution in [0, 0.1) is 0 Å². The van der Waals surface area contributed by atoms with E-state index in [0.717, 1.165) is 26.1 Å². The predicted octanol–water partition coefficient (Wildman–Crippen LogP) is 2.75. The van der Waals surface area contributed by atoms with Crippen molar-refractivity contribution in [2.75, 3.05) is 13.1 Å². The molecular weight excluding hydrogens is 232 g/mol. The summed E-state index contributed by atoms with van der Waals surface area (Å²) in [7, 11) is 0. The second kappa shape index (κ2) is 5.16. The molecular formula is C17H20N2. The summed E-state index contributed by atoms with van der Waals surface area (Å²) in [6, 6.07) is 21.1. The molecule has 0 radical (unpaired) electrons. The van der Waals surface area contributed by atoms with Gasteiger partial charge in [-0.25, -0.2) is 0 Å². The Morgan fingerprint density at radius 1 is 0.947 bits per heavy atom. The van der Waals surface area contributed by atoms with Gasteiger partial charge in [0.25, 0.3) is 0 Å². The number of benzene rings is 2. The molecule has 2 aromatic rings. The average molecular weight is 252 g/mol. The van der Waals surface area contributed by atoms with E-state index < -0.39 is 0 Å². The molecule has 0 bridgehead atoms. The molecule has 0 spiro atoms. The Kier molecular flexibility index (Phi) is 3.36. The summed E-state index contributed by atoms with van der Waals surface area (Å²) in [5, 5.41) is 0. The van der Waals surface area contributed by atoms with E-state index >= 15 is 0 Å². The van der Waals surface area contributed by atoms with Crippen LogP contribution in [0.25, 0.3) is 0 Å². The Bertz CT molecular complexity index is 523. The van der Waals surface area contributed by atoms with E-state index in [9.17, 15) is 0 Å². The molecule has 98 valence electrons. The monoisotopic (exact) mass is 252 g/mol. The van der Waals surface area contributed by atoms with Gasteiger partial charge in [0.15, 0.2) is 0 Å². The third-order valence-electron chi connectivity index (χ3n) is 3.98. The maximum atomic E-state index is 6.58. The van der Waals surface area contributed by atoms with E-state index in [1.807, 2.05) is 6.07 Å². The summed E-state index contributed by atoms with van der Waals surface area (Å²) < 4.78 is 0. The molecule has 2 aromatic carbocycles. The normalized spacial score (nSPS) is 23.6. The van der Waals surface area contributed by atoms with Crippen molar-refractivity contribution in [3.05, 3.63) is 71.8 Å². The molecule has 2 N–H and O–H groups in total. The molecule has 1 heterocycles. The summed E-state index contributed by atoms with van der Waals surface area (Å²) in [6.07, 6.45) is 1.03. The standard InChI is InChI=1S/C17H20N2/c18-17(16-9-5-2-6-10-16)11-12-19(14-17)13-15-7-3-1-4-8-15/h1-10H,11-14,18H2. The fraction of sp³-hybridized carbons (Fsp3) is 0.294. The van der Waals surface area contributed by atoms with Gasteiger partial charge in [-0.05, 0) is 17.5 Å². The number of rotatable bonds is 3. The van der Waals surface area contributed by atoms with Crippen molar-refractivity contribution in [2.45, 2.75) is 18.5 Å². The third-order valence-corrected chi connectivity index (χ3v) is 3.98. The van der Waals surface area contributed by atoms with Crippen molar-refractivity contribution in [3.63, 3.8) is 0 Å². The molecule has 0 aliphatic carbocycles. The van der Waals surface area contributed by atoms with Crippen molar-refractivity contribution in [2.24, 2.45) is 5.73 Å². The van der Waals surface area contributed by atoms with E-state index in [0.29, 0.717) is 0 Å². The molecule has 1 fully saturated rings. The number of nitrogens with zero attached hydrogens (tertiary/aromatic N) is 1. The minimum absolute atomic E-state index is 0.184. The van der Waals surface area contributed by atoms with Gasteiger partial charge in [0.2, 0.25) is 0 Å². The summed E-state index contributed by atoms with van der Waals surface area (Å²) in [5.74, 6) is 0. The van der Waals surface area contributed by atoms with E-state index in [1.165, 1.54) is 11.1 Å². The number of hydrogen-bond acceptors (Lipinski definition) is 2. The molecule has 1 aliphatic rings. The molecule has 2 nitrogen and oxygen atoms in total. The molecule has 3 rings (SSSR count). The van der Waals surface area contributed by atoms with E-state index in [1.54, 1.807) is 0 Å². The lowest BCUT2D eigenvalue weighted by atomic mass is 9.90. The Hall–Kier alpha value is -1.64. The van der Waals surface area contributed by atoms with Crippen LogP contribution in [-0.4, -0.2) is 18.0 Å². The van der Waals surface area contributed by atoms with Gasteiger partial charge in [-0.2, -0.15) is 0 Å². The van der Waals surface area contributed by atoms with Crippen molar-refractivity contribution in [1.82, 2.24) is 4.90 Å². The van der Waals surface area contributed by atoms with Gasteiger partial charge in [-0.1, -0.05) is 60.7 Å². The predicted molar refractivity (Wildman–Crippen MR) is 78.6 cm³/mol. The first-order valence-corrected chi connectivity index (χ1v) is 6.87. The lowest BCUT2D eigenvalue weighted by Gasteiger charge is -2.25. The Labute approximate surface area is 114 Å². The molecule has 1 saturated heterocycles. The quantitative estimate of drug-likeness (QED) is 0.910. The van der Waals surface area contributed by atoms with Crippen LogP contribution in [0.2, 0.25) is 0 Å². The van der Waals surface area contributed by atoms with Crippen LogP contribution in [-0.2, 0) is 12.1 Å². The zero-order valence-corrected chi connectivity index (χ0v) is 11.1. The topological polar surface area (TPSA) is 29.3 Å². The fourth-order valence-electron chi connectivity index (χ4n) is 2.90. The highest BCUT2D eigenvalue weighted by Gasteiger charge is 2.35. The van der Waals surface area contributed by atoms with Crippen molar-refractivity contribution in [1.29, 1.82) is 0 Å². The van der Waals surface area contributed by atoms with Crippen LogP contribution < -0.4 is 5.73 Å². The summed E-state index contributed by atoms with van der Waals surface area (Å²) >= 11 is 0. The summed E-state index contributed by atoms with van der Waals surface area (Å²) in [6.45, 7) is 3.00. The smallest absolute Gasteiger partial charge is 0.0550 e. The zero-order chi connectivity index (χ0) is 13.1. The highest BCUT2D eigenvalue weighted by atomic mass is 15.2. The molecule has 19 heavy (non-hydrogen) atoms. The van der Waals surface area contributed by atoms with Gasteiger partial charge in [-0.15, -0.1) is 0 Å².